The standard InChI is InChI=1S/C15H22N2O4/c1-14(17-12(18)11-2-8-20-10-11)5-9-21-15(13(14)19)3-6-16-7-4-15/h2,8,10,13,16,19H,3-7,9H2,1H3,(H,17,18)/t13-,14+/m0/s1. The number of amides is 1. The van der Waals surface area contributed by atoms with Crippen molar-refractivity contribution in [2.24, 2.45) is 0 Å². The van der Waals surface area contributed by atoms with Gasteiger partial charge in [-0.1, -0.05) is 0 Å². The molecule has 6 heteroatoms. The Morgan fingerprint density at radius 2 is 2.19 bits per heavy atom. The maximum Gasteiger partial charge on any atom is 0.255 e. The summed E-state index contributed by atoms with van der Waals surface area (Å²) in [6.07, 6.45) is 4.25. The Labute approximate surface area is 123 Å². The Morgan fingerprint density at radius 1 is 1.43 bits per heavy atom. The molecule has 3 rings (SSSR count). The lowest BCUT2D eigenvalue weighted by Crippen LogP contribution is -2.69. The predicted octanol–water partition coefficient (Wildman–Crippen LogP) is 0.671. The topological polar surface area (TPSA) is 83.7 Å². The fourth-order valence-electron chi connectivity index (χ4n) is 3.39. The van der Waals surface area contributed by atoms with Crippen molar-refractivity contribution in [3.8, 4) is 0 Å². The van der Waals surface area contributed by atoms with Gasteiger partial charge in [-0.05, 0) is 45.3 Å². The van der Waals surface area contributed by atoms with E-state index in [-0.39, 0.29) is 5.91 Å². The molecule has 3 N–H and O–H groups in total. The third-order valence-corrected chi connectivity index (χ3v) is 4.75. The summed E-state index contributed by atoms with van der Waals surface area (Å²) in [5, 5.41) is 17.1. The molecule has 2 saturated heterocycles. The maximum atomic E-state index is 12.3. The van der Waals surface area contributed by atoms with E-state index in [0.29, 0.717) is 18.6 Å². The normalized spacial score (nSPS) is 32.0. The number of hydrogen-bond donors (Lipinski definition) is 3. The highest BCUT2D eigenvalue weighted by Gasteiger charge is 2.53. The lowest BCUT2D eigenvalue weighted by molar-refractivity contribution is -0.197. The summed E-state index contributed by atoms with van der Waals surface area (Å²) < 4.78 is 10.9. The number of carbonyl (C=O) groups excluding carboxylic acids is 1. The van der Waals surface area contributed by atoms with Gasteiger partial charge in [-0.2, -0.15) is 0 Å². The molecule has 0 aromatic carbocycles. The van der Waals surface area contributed by atoms with Crippen LogP contribution in [0, 0.1) is 0 Å². The van der Waals surface area contributed by atoms with E-state index in [4.69, 9.17) is 9.15 Å². The molecule has 2 fully saturated rings. The predicted molar refractivity (Wildman–Crippen MR) is 76.0 cm³/mol. The molecule has 2 aliphatic heterocycles. The van der Waals surface area contributed by atoms with Crippen molar-refractivity contribution < 1.29 is 19.1 Å². The van der Waals surface area contributed by atoms with E-state index in [0.717, 1.165) is 25.9 Å². The number of ether oxygens (including phenoxy) is 1. The number of aliphatic hydroxyl groups excluding tert-OH is 1. The Bertz CT molecular complexity index is 490. The van der Waals surface area contributed by atoms with E-state index in [1.54, 1.807) is 6.07 Å². The molecule has 0 radical (unpaired) electrons. The molecule has 2 aliphatic rings. The molecule has 1 aromatic heterocycles. The van der Waals surface area contributed by atoms with Gasteiger partial charge in [0.2, 0.25) is 0 Å². The molecule has 3 heterocycles. The molecule has 6 nitrogen and oxygen atoms in total. The van der Waals surface area contributed by atoms with Gasteiger partial charge in [-0.3, -0.25) is 4.79 Å². The van der Waals surface area contributed by atoms with Crippen LogP contribution in [0.1, 0.15) is 36.5 Å². The first-order valence-corrected chi connectivity index (χ1v) is 7.43. The molecule has 2 atom stereocenters. The van der Waals surface area contributed by atoms with Crippen LogP contribution in [0.5, 0.6) is 0 Å². The second-order valence-corrected chi connectivity index (χ2v) is 6.20. The molecule has 0 aliphatic carbocycles. The molecular formula is C15H22N2O4. The Morgan fingerprint density at radius 3 is 2.86 bits per heavy atom. The van der Waals surface area contributed by atoms with Gasteiger partial charge in [0.15, 0.2) is 0 Å². The van der Waals surface area contributed by atoms with Crippen molar-refractivity contribution in [2.45, 2.75) is 43.4 Å². The summed E-state index contributed by atoms with van der Waals surface area (Å²) in [6.45, 7) is 4.08. The van der Waals surface area contributed by atoms with Crippen LogP contribution in [0.2, 0.25) is 0 Å². The number of aliphatic hydroxyl groups is 1. The first-order valence-electron chi connectivity index (χ1n) is 7.43. The van der Waals surface area contributed by atoms with Crippen LogP contribution in [0.4, 0.5) is 0 Å². The SMILES string of the molecule is C[C@@]1(NC(=O)c2ccoc2)CCOC2(CCNCC2)[C@H]1O. The molecule has 116 valence electrons. The second kappa shape index (κ2) is 5.44. The summed E-state index contributed by atoms with van der Waals surface area (Å²) >= 11 is 0. The first kappa shape index (κ1) is 14.6. The summed E-state index contributed by atoms with van der Waals surface area (Å²) in [5.74, 6) is -0.226. The van der Waals surface area contributed by atoms with Gasteiger partial charge in [-0.25, -0.2) is 0 Å². The number of nitrogens with one attached hydrogen (secondary N) is 2. The highest BCUT2D eigenvalue weighted by molar-refractivity contribution is 5.94. The van der Waals surface area contributed by atoms with Crippen LogP contribution >= 0.6 is 0 Å². The van der Waals surface area contributed by atoms with Crippen molar-refractivity contribution in [3.05, 3.63) is 24.2 Å². The first-order chi connectivity index (χ1) is 10.1. The minimum atomic E-state index is -0.725. The van der Waals surface area contributed by atoms with Crippen molar-refractivity contribution in [3.63, 3.8) is 0 Å². The molecule has 0 bridgehead atoms. The quantitative estimate of drug-likeness (QED) is 0.747. The van der Waals surface area contributed by atoms with Gasteiger partial charge in [0, 0.05) is 6.61 Å². The molecule has 1 aromatic rings. The number of hydrogen-bond acceptors (Lipinski definition) is 5. The Kier molecular flexibility index (Phi) is 3.77. The maximum absolute atomic E-state index is 12.3. The zero-order valence-corrected chi connectivity index (χ0v) is 12.2. The average molecular weight is 294 g/mol. The van der Waals surface area contributed by atoms with E-state index in [1.807, 2.05) is 6.92 Å². The van der Waals surface area contributed by atoms with Gasteiger partial charge >= 0.3 is 0 Å². The Hall–Kier alpha value is -1.37. The summed E-state index contributed by atoms with van der Waals surface area (Å²) in [6, 6.07) is 1.62. The largest absolute Gasteiger partial charge is 0.472 e. The third kappa shape index (κ3) is 2.59. The zero-order valence-electron chi connectivity index (χ0n) is 12.2. The monoisotopic (exact) mass is 294 g/mol. The van der Waals surface area contributed by atoms with Gasteiger partial charge < -0.3 is 24.9 Å². The highest BCUT2D eigenvalue weighted by atomic mass is 16.5. The van der Waals surface area contributed by atoms with E-state index in [2.05, 4.69) is 10.6 Å². The van der Waals surface area contributed by atoms with E-state index >= 15 is 0 Å². The van der Waals surface area contributed by atoms with E-state index in [1.165, 1.54) is 12.5 Å². The highest BCUT2D eigenvalue weighted by Crippen LogP contribution is 2.38. The van der Waals surface area contributed by atoms with E-state index in [9.17, 15) is 9.90 Å². The minimum Gasteiger partial charge on any atom is -0.472 e. The zero-order chi connectivity index (χ0) is 14.9. The van der Waals surface area contributed by atoms with E-state index < -0.39 is 17.2 Å². The van der Waals surface area contributed by atoms with Crippen molar-refractivity contribution in [2.75, 3.05) is 19.7 Å². The fraction of sp³-hybridized carbons (Fsp3) is 0.667. The van der Waals surface area contributed by atoms with Crippen LogP contribution in [-0.2, 0) is 4.74 Å². The van der Waals surface area contributed by atoms with Crippen LogP contribution in [0.15, 0.2) is 23.0 Å². The minimum absolute atomic E-state index is 0.226. The van der Waals surface area contributed by atoms with Gasteiger partial charge in [0.1, 0.15) is 12.4 Å². The number of rotatable bonds is 2. The summed E-state index contributed by atoms with van der Waals surface area (Å²) in [7, 11) is 0. The van der Waals surface area contributed by atoms with Crippen molar-refractivity contribution in [1.82, 2.24) is 10.6 Å². The lowest BCUT2D eigenvalue weighted by atomic mass is 9.73. The lowest BCUT2D eigenvalue weighted by Gasteiger charge is -2.52. The number of furan rings is 1. The second-order valence-electron chi connectivity index (χ2n) is 6.20. The third-order valence-electron chi connectivity index (χ3n) is 4.75. The molecule has 1 amide bonds. The van der Waals surface area contributed by atoms with Gasteiger partial charge in [0.05, 0.1) is 23.0 Å². The fourth-order valence-corrected chi connectivity index (χ4v) is 3.39. The van der Waals surface area contributed by atoms with Crippen LogP contribution in [0.3, 0.4) is 0 Å². The van der Waals surface area contributed by atoms with Crippen LogP contribution in [-0.4, -0.2) is 48.0 Å². The number of carbonyl (C=O) groups is 1. The smallest absolute Gasteiger partial charge is 0.255 e. The number of piperidine rings is 1. The van der Waals surface area contributed by atoms with Gasteiger partial charge in [0.25, 0.3) is 5.91 Å². The Balaban J connectivity index is 1.77. The molecule has 21 heavy (non-hydrogen) atoms. The van der Waals surface area contributed by atoms with Gasteiger partial charge in [-0.15, -0.1) is 0 Å². The average Bonchev–Trinajstić information content (AvgIpc) is 3.00. The molecule has 0 unspecified atom stereocenters. The summed E-state index contributed by atoms with van der Waals surface area (Å²) in [4.78, 5) is 12.3. The van der Waals surface area contributed by atoms with Crippen molar-refractivity contribution in [1.29, 1.82) is 0 Å². The van der Waals surface area contributed by atoms with Crippen LogP contribution < -0.4 is 10.6 Å². The summed E-state index contributed by atoms with van der Waals surface area (Å²) in [5.41, 5.74) is -0.777. The molecule has 1 spiro atoms. The van der Waals surface area contributed by atoms with Crippen LogP contribution in [0.25, 0.3) is 0 Å². The van der Waals surface area contributed by atoms with Crippen molar-refractivity contribution >= 4 is 5.91 Å². The molecular weight excluding hydrogens is 272 g/mol. The molecule has 0 saturated carbocycles.